The van der Waals surface area contributed by atoms with Gasteiger partial charge in [-0.3, -0.25) is 4.79 Å². The number of carbonyl (C=O) groups is 1. The number of amides is 1. The minimum Gasteiger partial charge on any atom is -0.382 e. The fourth-order valence-electron chi connectivity index (χ4n) is 2.55. The number of methoxy groups -OCH3 is 1. The highest BCUT2D eigenvalue weighted by atomic mass is 16.5. The topological polar surface area (TPSA) is 77.7 Å². The van der Waals surface area contributed by atoms with Gasteiger partial charge in [0.1, 0.15) is 6.61 Å². The quantitative estimate of drug-likeness (QED) is 0.697. The molecule has 0 spiro atoms. The maximum Gasteiger partial charge on any atom is 0.252 e. The number of hydrogen-bond acceptors (Lipinski definition) is 6. The van der Waals surface area contributed by atoms with E-state index in [0.29, 0.717) is 44.0 Å². The molecule has 1 aromatic heterocycles. The summed E-state index contributed by atoms with van der Waals surface area (Å²) >= 11 is 0. The molecule has 0 aromatic carbocycles. The zero-order valence-electron chi connectivity index (χ0n) is 12.3. The molecular formula is C14H21N3O4. The molecule has 1 amide bonds. The van der Waals surface area contributed by atoms with Crippen LogP contribution in [0.15, 0.2) is 4.52 Å². The fourth-order valence-corrected chi connectivity index (χ4v) is 2.55. The van der Waals surface area contributed by atoms with Crippen molar-refractivity contribution in [2.45, 2.75) is 31.8 Å². The molecule has 1 saturated heterocycles. The molecule has 1 saturated carbocycles. The third kappa shape index (κ3) is 3.59. The van der Waals surface area contributed by atoms with Gasteiger partial charge in [-0.25, -0.2) is 0 Å². The van der Waals surface area contributed by atoms with E-state index in [1.165, 1.54) is 0 Å². The lowest BCUT2D eigenvalue weighted by Gasteiger charge is -2.14. The molecule has 2 heterocycles. The molecule has 3 rings (SSSR count). The van der Waals surface area contributed by atoms with Crippen LogP contribution >= 0.6 is 0 Å². The molecule has 1 atom stereocenters. The third-order valence-electron chi connectivity index (χ3n) is 3.93. The fraction of sp³-hybridized carbons (Fsp3) is 0.786. The van der Waals surface area contributed by atoms with Crippen molar-refractivity contribution >= 4 is 5.91 Å². The molecule has 0 bridgehead atoms. The number of nitrogens with zero attached hydrogens (tertiary/aromatic N) is 3. The normalized spacial score (nSPS) is 22.0. The van der Waals surface area contributed by atoms with Crippen LogP contribution in [0.2, 0.25) is 0 Å². The zero-order valence-corrected chi connectivity index (χ0v) is 12.3. The Balaban J connectivity index is 1.48. The highest BCUT2D eigenvalue weighted by molar-refractivity contribution is 5.81. The largest absolute Gasteiger partial charge is 0.382 e. The Labute approximate surface area is 123 Å². The Morgan fingerprint density at radius 2 is 2.24 bits per heavy atom. The Kier molecular flexibility index (Phi) is 4.50. The Bertz CT molecular complexity index is 486. The van der Waals surface area contributed by atoms with Crippen LogP contribution in [-0.2, 0) is 20.9 Å². The molecule has 2 fully saturated rings. The number of likely N-dealkylation sites (tertiary alicyclic amines) is 1. The van der Waals surface area contributed by atoms with E-state index in [9.17, 15) is 4.79 Å². The van der Waals surface area contributed by atoms with E-state index in [1.54, 1.807) is 7.11 Å². The minimum atomic E-state index is 0.184. The van der Waals surface area contributed by atoms with Crippen molar-refractivity contribution < 1.29 is 18.8 Å². The van der Waals surface area contributed by atoms with Crippen LogP contribution in [0.5, 0.6) is 0 Å². The lowest BCUT2D eigenvalue weighted by Crippen LogP contribution is -2.29. The van der Waals surface area contributed by atoms with E-state index < -0.39 is 0 Å². The summed E-state index contributed by atoms with van der Waals surface area (Å²) < 4.78 is 15.4. The molecule has 116 valence electrons. The molecule has 1 aromatic rings. The van der Waals surface area contributed by atoms with Gasteiger partial charge in [-0.2, -0.15) is 4.98 Å². The Morgan fingerprint density at radius 3 is 3.00 bits per heavy atom. The average Bonchev–Trinajstić information content (AvgIpc) is 3.04. The van der Waals surface area contributed by atoms with Crippen molar-refractivity contribution in [2.75, 3.05) is 33.4 Å². The lowest BCUT2D eigenvalue weighted by molar-refractivity contribution is -0.131. The maximum absolute atomic E-state index is 12.0. The van der Waals surface area contributed by atoms with Crippen molar-refractivity contribution in [2.24, 2.45) is 5.92 Å². The van der Waals surface area contributed by atoms with E-state index in [4.69, 9.17) is 14.0 Å². The number of ether oxygens (including phenoxy) is 2. The molecule has 0 radical (unpaired) electrons. The Hall–Kier alpha value is -1.47. The first kappa shape index (κ1) is 14.5. The predicted octanol–water partition coefficient (Wildman–Crippen LogP) is 0.958. The van der Waals surface area contributed by atoms with Crippen LogP contribution in [-0.4, -0.2) is 54.4 Å². The van der Waals surface area contributed by atoms with Crippen LogP contribution in [0, 0.1) is 5.92 Å². The first-order valence-corrected chi connectivity index (χ1v) is 7.46. The number of hydrogen-bond donors (Lipinski definition) is 0. The van der Waals surface area contributed by atoms with Crippen LogP contribution in [0.25, 0.3) is 0 Å². The van der Waals surface area contributed by atoms with Crippen molar-refractivity contribution in [3.63, 3.8) is 0 Å². The van der Waals surface area contributed by atoms with Gasteiger partial charge in [-0.15, -0.1) is 0 Å². The second kappa shape index (κ2) is 6.53. The predicted molar refractivity (Wildman–Crippen MR) is 72.5 cm³/mol. The first-order chi connectivity index (χ1) is 10.3. The van der Waals surface area contributed by atoms with Gasteiger partial charge in [-0.1, -0.05) is 5.16 Å². The van der Waals surface area contributed by atoms with E-state index in [0.717, 1.165) is 25.8 Å². The van der Waals surface area contributed by atoms with Crippen LogP contribution in [0.3, 0.4) is 0 Å². The average molecular weight is 295 g/mol. The summed E-state index contributed by atoms with van der Waals surface area (Å²) in [5.74, 6) is 1.92. The molecule has 1 aliphatic heterocycles. The number of aromatic nitrogens is 2. The van der Waals surface area contributed by atoms with Gasteiger partial charge in [0, 0.05) is 32.0 Å². The summed E-state index contributed by atoms with van der Waals surface area (Å²) in [7, 11) is 1.63. The van der Waals surface area contributed by atoms with Crippen LogP contribution in [0.4, 0.5) is 0 Å². The summed E-state index contributed by atoms with van der Waals surface area (Å²) in [5, 5.41) is 4.02. The van der Waals surface area contributed by atoms with Gasteiger partial charge in [0.05, 0.1) is 13.2 Å². The second-order valence-electron chi connectivity index (χ2n) is 5.64. The Morgan fingerprint density at radius 1 is 1.38 bits per heavy atom. The van der Waals surface area contributed by atoms with E-state index >= 15 is 0 Å². The van der Waals surface area contributed by atoms with E-state index in [-0.39, 0.29) is 11.8 Å². The smallest absolute Gasteiger partial charge is 0.252 e. The summed E-state index contributed by atoms with van der Waals surface area (Å²) in [4.78, 5) is 18.3. The number of carbonyl (C=O) groups excluding carboxylic acids is 1. The molecule has 1 unspecified atom stereocenters. The van der Waals surface area contributed by atoms with Crippen molar-refractivity contribution in [1.29, 1.82) is 0 Å². The summed E-state index contributed by atoms with van der Waals surface area (Å²) in [5.41, 5.74) is 0. The molecule has 0 N–H and O–H groups in total. The highest BCUT2D eigenvalue weighted by Gasteiger charge is 2.37. The van der Waals surface area contributed by atoms with Crippen LogP contribution in [0.1, 0.15) is 36.9 Å². The molecule has 7 nitrogen and oxygen atoms in total. The molecular weight excluding hydrogens is 274 g/mol. The maximum atomic E-state index is 12.0. The van der Waals surface area contributed by atoms with Crippen molar-refractivity contribution in [1.82, 2.24) is 15.0 Å². The molecule has 21 heavy (non-hydrogen) atoms. The standard InChI is InChI=1S/C14H21N3O4/c1-19-6-7-20-9-12-15-13(16-21-12)11-4-5-17(8-11)14(18)10-2-3-10/h10-11H,2-9H2,1H3. The highest BCUT2D eigenvalue weighted by Crippen LogP contribution is 2.34. The van der Waals surface area contributed by atoms with Gasteiger partial charge in [0.15, 0.2) is 5.82 Å². The van der Waals surface area contributed by atoms with E-state index in [1.807, 2.05) is 4.90 Å². The summed E-state index contributed by atoms with van der Waals surface area (Å²) in [6.45, 7) is 2.85. The lowest BCUT2D eigenvalue weighted by atomic mass is 10.1. The van der Waals surface area contributed by atoms with Crippen molar-refractivity contribution in [3.8, 4) is 0 Å². The summed E-state index contributed by atoms with van der Waals surface area (Å²) in [6, 6.07) is 0. The zero-order chi connectivity index (χ0) is 14.7. The number of rotatable bonds is 7. The van der Waals surface area contributed by atoms with Gasteiger partial charge in [0.2, 0.25) is 5.91 Å². The first-order valence-electron chi connectivity index (χ1n) is 7.46. The SMILES string of the molecule is COCCOCc1nc(C2CCN(C(=O)C3CC3)C2)no1. The van der Waals surface area contributed by atoms with Gasteiger partial charge >= 0.3 is 0 Å². The van der Waals surface area contributed by atoms with Gasteiger partial charge < -0.3 is 18.9 Å². The van der Waals surface area contributed by atoms with E-state index in [2.05, 4.69) is 10.1 Å². The van der Waals surface area contributed by atoms with Gasteiger partial charge in [-0.05, 0) is 19.3 Å². The second-order valence-corrected chi connectivity index (χ2v) is 5.64. The van der Waals surface area contributed by atoms with Crippen molar-refractivity contribution in [3.05, 3.63) is 11.7 Å². The third-order valence-corrected chi connectivity index (χ3v) is 3.93. The molecule has 2 aliphatic rings. The monoisotopic (exact) mass is 295 g/mol. The van der Waals surface area contributed by atoms with Crippen LogP contribution < -0.4 is 0 Å². The molecule has 1 aliphatic carbocycles. The minimum absolute atomic E-state index is 0.184. The van der Waals surface area contributed by atoms with Gasteiger partial charge in [0.25, 0.3) is 5.89 Å². The molecule has 7 heteroatoms. The summed E-state index contributed by atoms with van der Waals surface area (Å²) in [6.07, 6.45) is 3.00.